The van der Waals surface area contributed by atoms with Gasteiger partial charge in [0.05, 0.1) is 0 Å². The Morgan fingerprint density at radius 2 is 1.17 bits per heavy atom. The molecule has 0 spiro atoms. The van der Waals surface area contributed by atoms with Gasteiger partial charge in [0, 0.05) is 0 Å². The second-order valence-electron chi connectivity index (χ2n) is 3.32. The summed E-state index contributed by atoms with van der Waals surface area (Å²) in [6.07, 6.45) is 0. The van der Waals surface area contributed by atoms with Gasteiger partial charge in [-0.1, -0.05) is 0 Å². The molecule has 0 saturated heterocycles. The van der Waals surface area contributed by atoms with Gasteiger partial charge < -0.3 is 0 Å². The Kier molecular flexibility index (Phi) is 4.74. The van der Waals surface area contributed by atoms with Crippen molar-refractivity contribution < 1.29 is 13.2 Å². The average molecular weight is 420 g/mol. The van der Waals surface area contributed by atoms with Gasteiger partial charge in [-0.3, -0.25) is 0 Å². The minimum atomic E-state index is -4.34. The average Bonchev–Trinajstić information content (AvgIpc) is 2.41. The molecule has 0 fully saturated rings. The first-order valence-electron chi connectivity index (χ1n) is 5.11. The van der Waals surface area contributed by atoms with Gasteiger partial charge in [-0.05, 0) is 0 Å². The molecule has 0 aliphatic rings. The molecule has 18 heavy (non-hydrogen) atoms. The maximum atomic E-state index is 12.3. The monoisotopic (exact) mass is 420 g/mol. The fraction of sp³-hybridized carbons (Fsp3) is 0. The predicted molar refractivity (Wildman–Crippen MR) is 75.7 cm³/mol. The first-order valence-corrected chi connectivity index (χ1v) is 9.06. The predicted octanol–water partition coefficient (Wildman–Crippen LogP) is 3.38. The van der Waals surface area contributed by atoms with Gasteiger partial charge in [-0.2, -0.15) is 0 Å². The zero-order chi connectivity index (χ0) is 12.8. The van der Waals surface area contributed by atoms with E-state index >= 15 is 0 Å². The Bertz CT molecular complexity index is 487. The van der Waals surface area contributed by atoms with Crippen molar-refractivity contribution in [2.75, 3.05) is 0 Å². The number of hydrogen-bond acceptors (Lipinski definition) is 4. The second kappa shape index (κ2) is 6.31. The summed E-state index contributed by atoms with van der Waals surface area (Å²) < 4.78 is 27.8. The van der Waals surface area contributed by atoms with Crippen LogP contribution in [0.15, 0.2) is 60.7 Å². The summed E-state index contributed by atoms with van der Waals surface area (Å²) in [6, 6.07) is 17.6. The molecular formula is C12H10AsIO4. The number of halogens is 1. The third-order valence-electron chi connectivity index (χ3n) is 2.01. The van der Waals surface area contributed by atoms with Crippen LogP contribution < -0.4 is 7.45 Å². The van der Waals surface area contributed by atoms with Crippen molar-refractivity contribution in [2.45, 2.75) is 0 Å². The van der Waals surface area contributed by atoms with E-state index < -0.39 is 14.5 Å². The third kappa shape index (κ3) is 3.80. The van der Waals surface area contributed by atoms with Crippen molar-refractivity contribution >= 4 is 37.5 Å². The van der Waals surface area contributed by atoms with Gasteiger partial charge >= 0.3 is 123 Å². The van der Waals surface area contributed by atoms with Crippen LogP contribution in [0.2, 0.25) is 0 Å². The van der Waals surface area contributed by atoms with E-state index in [0.717, 1.165) is 0 Å². The summed E-state index contributed by atoms with van der Waals surface area (Å²) in [7, 11) is 0. The van der Waals surface area contributed by atoms with E-state index in [1.54, 1.807) is 48.5 Å². The summed E-state index contributed by atoms with van der Waals surface area (Å²) in [5.74, 6) is 0.903. The van der Waals surface area contributed by atoms with E-state index in [1.165, 1.54) is 23.0 Å². The number of para-hydroxylation sites is 2. The minimum absolute atomic E-state index is 0.451. The van der Waals surface area contributed by atoms with Crippen LogP contribution in [-0.4, -0.2) is 14.5 Å². The van der Waals surface area contributed by atoms with Crippen molar-refractivity contribution in [1.29, 1.82) is 0 Å². The number of rotatable bonds is 5. The van der Waals surface area contributed by atoms with Crippen molar-refractivity contribution in [1.82, 2.24) is 0 Å². The van der Waals surface area contributed by atoms with Crippen LogP contribution in [0.3, 0.4) is 0 Å². The van der Waals surface area contributed by atoms with E-state index in [9.17, 15) is 3.74 Å². The molecule has 0 amide bonds. The molecule has 0 N–H and O–H groups in total. The SMILES string of the molecule is O=[As](OI)(Oc1ccccc1)Oc1ccccc1. The van der Waals surface area contributed by atoms with Crippen LogP contribution in [0.5, 0.6) is 11.5 Å². The summed E-state index contributed by atoms with van der Waals surface area (Å²) >= 11 is -2.80. The molecule has 0 aromatic heterocycles. The summed E-state index contributed by atoms with van der Waals surface area (Å²) in [5, 5.41) is 0. The van der Waals surface area contributed by atoms with Crippen LogP contribution in [-0.2, 0) is 5.79 Å². The molecule has 0 heterocycles. The molecule has 0 radical (unpaired) electrons. The summed E-state index contributed by atoms with van der Waals surface area (Å²) in [6.45, 7) is 0. The van der Waals surface area contributed by atoms with Gasteiger partial charge in [-0.25, -0.2) is 0 Å². The summed E-state index contributed by atoms with van der Waals surface area (Å²) in [5.41, 5.74) is 0. The molecule has 2 rings (SSSR count). The Balaban J connectivity index is 2.14. The molecule has 2 aromatic rings. The maximum absolute atomic E-state index is 12.3. The molecule has 0 aliphatic carbocycles. The number of hydrogen-bond donors (Lipinski definition) is 0. The Labute approximate surface area is 122 Å². The van der Waals surface area contributed by atoms with E-state index in [-0.39, 0.29) is 0 Å². The molecule has 0 atom stereocenters. The van der Waals surface area contributed by atoms with Crippen LogP contribution >= 0.6 is 23.0 Å². The van der Waals surface area contributed by atoms with Gasteiger partial charge in [0.1, 0.15) is 0 Å². The molecular weight excluding hydrogens is 410 g/mol. The molecule has 2 aromatic carbocycles. The van der Waals surface area contributed by atoms with E-state index in [2.05, 4.69) is 0 Å². The quantitative estimate of drug-likeness (QED) is 0.550. The van der Waals surface area contributed by atoms with Crippen LogP contribution in [0.4, 0.5) is 0 Å². The first kappa shape index (κ1) is 13.5. The van der Waals surface area contributed by atoms with E-state index in [0.29, 0.717) is 11.5 Å². The Hall–Kier alpha value is -0.912. The molecule has 94 valence electrons. The molecule has 6 heteroatoms. The van der Waals surface area contributed by atoms with E-state index in [1.807, 2.05) is 12.1 Å². The Morgan fingerprint density at radius 1 is 0.778 bits per heavy atom. The molecule has 0 unspecified atom stereocenters. The molecule has 4 nitrogen and oxygen atoms in total. The van der Waals surface area contributed by atoms with Crippen LogP contribution in [0.25, 0.3) is 0 Å². The first-order chi connectivity index (χ1) is 8.72. The van der Waals surface area contributed by atoms with Gasteiger partial charge in [-0.15, -0.1) is 0 Å². The fourth-order valence-corrected chi connectivity index (χ4v) is 3.89. The second-order valence-corrected chi connectivity index (χ2v) is 8.30. The summed E-state index contributed by atoms with van der Waals surface area (Å²) in [4.78, 5) is 0. The van der Waals surface area contributed by atoms with Gasteiger partial charge in [0.25, 0.3) is 0 Å². The van der Waals surface area contributed by atoms with Crippen molar-refractivity contribution in [3.63, 3.8) is 0 Å². The zero-order valence-electron chi connectivity index (χ0n) is 9.23. The van der Waals surface area contributed by atoms with Gasteiger partial charge in [0.15, 0.2) is 0 Å². The van der Waals surface area contributed by atoms with Crippen molar-refractivity contribution in [3.8, 4) is 11.5 Å². The standard InChI is InChI=1S/C12H10AsIO4/c14-18-13(15,16-11-7-3-1-4-8-11)17-12-9-5-2-6-10-12/h1-10H. The van der Waals surface area contributed by atoms with Crippen LogP contribution in [0.1, 0.15) is 0 Å². The normalized spacial score (nSPS) is 10.9. The molecule has 0 bridgehead atoms. The molecule has 0 saturated carbocycles. The zero-order valence-corrected chi connectivity index (χ0v) is 13.3. The van der Waals surface area contributed by atoms with Crippen molar-refractivity contribution in [3.05, 3.63) is 60.7 Å². The molecule has 0 aliphatic heterocycles. The van der Waals surface area contributed by atoms with Crippen molar-refractivity contribution in [2.24, 2.45) is 0 Å². The topological polar surface area (TPSA) is 44.8 Å². The van der Waals surface area contributed by atoms with Crippen LogP contribution in [0, 0.1) is 0 Å². The number of benzene rings is 2. The van der Waals surface area contributed by atoms with E-state index in [4.69, 9.17) is 9.51 Å². The van der Waals surface area contributed by atoms with Gasteiger partial charge in [0.2, 0.25) is 0 Å². The fourth-order valence-electron chi connectivity index (χ4n) is 1.27. The Morgan fingerprint density at radius 3 is 1.50 bits per heavy atom. The third-order valence-corrected chi connectivity index (χ3v) is 6.69.